The Morgan fingerprint density at radius 1 is 0.962 bits per heavy atom. The van der Waals surface area contributed by atoms with Gasteiger partial charge in [0.25, 0.3) is 0 Å². The zero-order valence-electron chi connectivity index (χ0n) is 14.0. The minimum atomic E-state index is -4.43. The Labute approximate surface area is 148 Å². The number of nitrogens with zero attached hydrogens (tertiary/aromatic N) is 5. The molecule has 26 heavy (non-hydrogen) atoms. The maximum Gasteiger partial charge on any atom is 0.434 e. The summed E-state index contributed by atoms with van der Waals surface area (Å²) in [7, 11) is 0. The van der Waals surface area contributed by atoms with Crippen LogP contribution in [0.3, 0.4) is 0 Å². The molecule has 0 amide bonds. The average molecular weight is 361 g/mol. The predicted molar refractivity (Wildman–Crippen MR) is 91.9 cm³/mol. The average Bonchev–Trinajstić information content (AvgIpc) is 3.07. The van der Waals surface area contributed by atoms with Crippen LogP contribution in [0.2, 0.25) is 0 Å². The summed E-state index contributed by atoms with van der Waals surface area (Å²) in [6.07, 6.45) is 0.118. The van der Waals surface area contributed by atoms with Gasteiger partial charge in [0, 0.05) is 51.3 Å². The molecule has 1 aliphatic rings. The van der Waals surface area contributed by atoms with Gasteiger partial charge in [-0.05, 0) is 24.3 Å². The number of halogens is 3. The molecule has 0 N–H and O–H groups in total. The molecule has 0 atom stereocenters. The minimum absolute atomic E-state index is 0.301. The van der Waals surface area contributed by atoms with Crippen molar-refractivity contribution in [1.29, 1.82) is 0 Å². The van der Waals surface area contributed by atoms with E-state index in [1.807, 2.05) is 24.3 Å². The number of imidazole rings is 1. The molecule has 3 aromatic rings. The largest absolute Gasteiger partial charge is 0.434 e. The van der Waals surface area contributed by atoms with E-state index in [9.17, 15) is 13.2 Å². The van der Waals surface area contributed by atoms with Crippen molar-refractivity contribution >= 4 is 11.3 Å². The summed E-state index contributed by atoms with van der Waals surface area (Å²) in [5.41, 5.74) is 1.38. The Morgan fingerprint density at radius 2 is 1.77 bits per heavy atom. The topological polar surface area (TPSA) is 36.7 Å². The van der Waals surface area contributed by atoms with Crippen molar-refractivity contribution in [1.82, 2.24) is 19.3 Å². The van der Waals surface area contributed by atoms with Crippen LogP contribution in [-0.4, -0.2) is 45.4 Å². The van der Waals surface area contributed by atoms with Crippen LogP contribution in [0.15, 0.2) is 48.9 Å². The van der Waals surface area contributed by atoms with E-state index in [0.717, 1.165) is 50.3 Å². The Kier molecular flexibility index (Phi) is 4.28. The van der Waals surface area contributed by atoms with Crippen molar-refractivity contribution in [2.24, 2.45) is 0 Å². The number of hydrogen-bond acceptors (Lipinski definition) is 4. The predicted octanol–water partition coefficient (Wildman–Crippen LogP) is 3.07. The van der Waals surface area contributed by atoms with Crippen LogP contribution in [-0.2, 0) is 12.7 Å². The Hall–Kier alpha value is -2.61. The molecule has 1 fully saturated rings. The summed E-state index contributed by atoms with van der Waals surface area (Å²) in [6.45, 7) is 4.21. The smallest absolute Gasteiger partial charge is 0.368 e. The molecule has 8 heteroatoms. The normalized spacial score (nSPS) is 16.3. The number of fused-ring (bicyclic) bond motifs is 1. The van der Waals surface area contributed by atoms with Crippen LogP contribution >= 0.6 is 0 Å². The third-order valence-corrected chi connectivity index (χ3v) is 4.58. The Morgan fingerprint density at radius 3 is 2.46 bits per heavy atom. The van der Waals surface area contributed by atoms with Crippen LogP contribution in [0, 0.1) is 0 Å². The zero-order chi connectivity index (χ0) is 18.1. The van der Waals surface area contributed by atoms with Gasteiger partial charge in [0.2, 0.25) is 0 Å². The lowest BCUT2D eigenvalue weighted by Crippen LogP contribution is -2.46. The molecule has 4 rings (SSSR count). The Bertz CT molecular complexity index is 883. The second-order valence-corrected chi connectivity index (χ2v) is 6.36. The Balaban J connectivity index is 1.44. The summed E-state index contributed by atoms with van der Waals surface area (Å²) in [6, 6.07) is 9.35. The van der Waals surface area contributed by atoms with Crippen LogP contribution in [0.4, 0.5) is 18.9 Å². The van der Waals surface area contributed by atoms with Gasteiger partial charge in [-0.25, -0.2) is 4.98 Å². The van der Waals surface area contributed by atoms with E-state index in [-0.39, 0.29) is 0 Å². The highest BCUT2D eigenvalue weighted by Crippen LogP contribution is 2.29. The number of rotatable bonds is 3. The third kappa shape index (κ3) is 3.50. The molecule has 0 saturated carbocycles. The van der Waals surface area contributed by atoms with E-state index < -0.39 is 11.9 Å². The van der Waals surface area contributed by atoms with Gasteiger partial charge >= 0.3 is 6.18 Å². The molecule has 4 heterocycles. The second kappa shape index (κ2) is 6.60. The molecule has 1 aliphatic heterocycles. The van der Waals surface area contributed by atoms with Crippen LogP contribution < -0.4 is 4.90 Å². The van der Waals surface area contributed by atoms with Gasteiger partial charge in [-0.15, -0.1) is 0 Å². The van der Waals surface area contributed by atoms with Crippen LogP contribution in [0.1, 0.15) is 11.4 Å². The summed E-state index contributed by atoms with van der Waals surface area (Å²) in [5.74, 6) is 0. The van der Waals surface area contributed by atoms with Crippen LogP contribution in [0.5, 0.6) is 0 Å². The van der Waals surface area contributed by atoms with Crippen molar-refractivity contribution in [3.8, 4) is 0 Å². The van der Waals surface area contributed by atoms with Crippen molar-refractivity contribution < 1.29 is 13.2 Å². The highest BCUT2D eigenvalue weighted by atomic mass is 19.4. The third-order valence-electron chi connectivity index (χ3n) is 4.58. The van der Waals surface area contributed by atoms with Gasteiger partial charge in [0.15, 0.2) is 5.69 Å². The minimum Gasteiger partial charge on any atom is -0.368 e. The monoisotopic (exact) mass is 361 g/mol. The fraction of sp³-hybridized carbons (Fsp3) is 0.333. The molecule has 136 valence electrons. The maximum absolute atomic E-state index is 12.8. The molecule has 0 aromatic carbocycles. The van der Waals surface area contributed by atoms with Crippen molar-refractivity contribution in [2.45, 2.75) is 12.7 Å². The van der Waals surface area contributed by atoms with Gasteiger partial charge in [-0.1, -0.05) is 6.07 Å². The first kappa shape index (κ1) is 16.8. The number of anilines is 1. The lowest BCUT2D eigenvalue weighted by Gasteiger charge is -2.35. The zero-order valence-corrected chi connectivity index (χ0v) is 14.0. The van der Waals surface area contributed by atoms with Gasteiger partial charge in [-0.2, -0.15) is 13.2 Å². The van der Waals surface area contributed by atoms with E-state index in [0.29, 0.717) is 5.65 Å². The van der Waals surface area contributed by atoms with Gasteiger partial charge in [-0.3, -0.25) is 9.88 Å². The van der Waals surface area contributed by atoms with Crippen molar-refractivity contribution in [2.75, 3.05) is 31.1 Å². The number of piperazine rings is 1. The fourth-order valence-electron chi connectivity index (χ4n) is 3.19. The van der Waals surface area contributed by atoms with Gasteiger partial charge in [0.05, 0.1) is 11.4 Å². The molecule has 5 nitrogen and oxygen atoms in total. The van der Waals surface area contributed by atoms with Crippen LogP contribution in [0.25, 0.3) is 5.65 Å². The summed E-state index contributed by atoms with van der Waals surface area (Å²) in [5, 5.41) is 0. The summed E-state index contributed by atoms with van der Waals surface area (Å²) in [4.78, 5) is 12.5. The fourth-order valence-corrected chi connectivity index (χ4v) is 3.19. The van der Waals surface area contributed by atoms with E-state index in [2.05, 4.69) is 19.8 Å². The molecule has 0 aliphatic carbocycles. The quantitative estimate of drug-likeness (QED) is 0.719. The van der Waals surface area contributed by atoms with E-state index in [4.69, 9.17) is 0 Å². The van der Waals surface area contributed by atoms with E-state index in [1.54, 1.807) is 18.5 Å². The molecule has 1 saturated heterocycles. The molecular weight excluding hydrogens is 343 g/mol. The number of alkyl halides is 3. The molecule has 0 bridgehead atoms. The van der Waals surface area contributed by atoms with Crippen molar-refractivity contribution in [3.05, 3.63) is 60.3 Å². The number of pyridine rings is 2. The first-order valence-electron chi connectivity index (χ1n) is 8.42. The van der Waals surface area contributed by atoms with Gasteiger partial charge < -0.3 is 9.30 Å². The first-order valence-corrected chi connectivity index (χ1v) is 8.42. The van der Waals surface area contributed by atoms with Gasteiger partial charge in [0.1, 0.15) is 5.65 Å². The summed E-state index contributed by atoms with van der Waals surface area (Å²) < 4.78 is 39.9. The van der Waals surface area contributed by atoms with E-state index in [1.165, 1.54) is 4.40 Å². The standard InChI is InChI=1S/C18H18F3N5/c19-18(20,21)16-13-26-12-15(4-5-17(26)23-16)25-9-7-24(8-10-25)11-14-3-1-2-6-22-14/h1-6,12-13H,7-11H2. The highest BCUT2D eigenvalue weighted by molar-refractivity contribution is 5.53. The lowest BCUT2D eigenvalue weighted by atomic mass is 10.2. The SMILES string of the molecule is FC(F)(F)c1cn2cc(N3CCN(Cc4ccccn4)CC3)ccc2n1. The molecule has 3 aromatic heterocycles. The molecule has 0 spiro atoms. The van der Waals surface area contributed by atoms with Crippen molar-refractivity contribution in [3.63, 3.8) is 0 Å². The molecule has 0 radical (unpaired) electrons. The molecule has 0 unspecified atom stereocenters. The number of aromatic nitrogens is 3. The maximum atomic E-state index is 12.8. The number of hydrogen-bond donors (Lipinski definition) is 0. The highest BCUT2D eigenvalue weighted by Gasteiger charge is 2.34. The van der Waals surface area contributed by atoms with E-state index >= 15 is 0 Å². The summed E-state index contributed by atoms with van der Waals surface area (Å²) >= 11 is 0. The second-order valence-electron chi connectivity index (χ2n) is 6.36. The first-order chi connectivity index (χ1) is 12.5. The molecular formula is C18H18F3N5. The lowest BCUT2D eigenvalue weighted by molar-refractivity contribution is -0.140.